The summed E-state index contributed by atoms with van der Waals surface area (Å²) in [7, 11) is 3.27. The van der Waals surface area contributed by atoms with Crippen LogP contribution in [0.3, 0.4) is 0 Å². The Morgan fingerprint density at radius 3 is 2.69 bits per heavy atom. The number of ether oxygens (including phenoxy) is 2. The number of hydrogen-bond donors (Lipinski definition) is 1. The van der Waals surface area contributed by atoms with E-state index in [9.17, 15) is 4.79 Å². The average Bonchev–Trinajstić information content (AvgIpc) is 3.13. The highest BCUT2D eigenvalue weighted by Gasteiger charge is 2.32. The number of urea groups is 1. The molecule has 0 aliphatic carbocycles. The SMILES string of the molecule is COc1ccc(C2CCCN2C(=O)Nc2ccc(C)cc2Br)c(OC)c1. The molecular weight excluding hydrogens is 396 g/mol. The first-order valence-electron chi connectivity index (χ1n) is 8.59. The second kappa shape index (κ2) is 7.99. The number of nitrogens with zero attached hydrogens (tertiary/aromatic N) is 1. The van der Waals surface area contributed by atoms with Crippen LogP contribution in [0, 0.1) is 6.92 Å². The van der Waals surface area contributed by atoms with Gasteiger partial charge in [0, 0.05) is 22.6 Å². The Labute approximate surface area is 162 Å². The first kappa shape index (κ1) is 18.6. The van der Waals surface area contributed by atoms with Crippen LogP contribution in [-0.2, 0) is 0 Å². The first-order chi connectivity index (χ1) is 12.5. The van der Waals surface area contributed by atoms with E-state index in [0.29, 0.717) is 0 Å². The summed E-state index contributed by atoms with van der Waals surface area (Å²) in [6.07, 6.45) is 1.87. The molecule has 0 saturated carbocycles. The molecule has 1 unspecified atom stereocenters. The minimum absolute atomic E-state index is 0.0138. The number of carbonyl (C=O) groups excluding carboxylic acids is 1. The molecule has 1 fully saturated rings. The number of anilines is 1. The van der Waals surface area contributed by atoms with Gasteiger partial charge >= 0.3 is 6.03 Å². The Morgan fingerprint density at radius 2 is 2.00 bits per heavy atom. The van der Waals surface area contributed by atoms with Crippen LogP contribution in [0.2, 0.25) is 0 Å². The second-order valence-corrected chi connectivity index (χ2v) is 7.23. The van der Waals surface area contributed by atoms with Crippen molar-refractivity contribution in [3.05, 3.63) is 52.0 Å². The number of benzene rings is 2. The molecule has 0 aromatic heterocycles. The smallest absolute Gasteiger partial charge is 0.322 e. The van der Waals surface area contributed by atoms with Crippen molar-refractivity contribution in [2.45, 2.75) is 25.8 Å². The Hall–Kier alpha value is -2.21. The lowest BCUT2D eigenvalue weighted by Gasteiger charge is -2.27. The summed E-state index contributed by atoms with van der Waals surface area (Å²) in [5, 5.41) is 3.01. The number of nitrogens with one attached hydrogen (secondary N) is 1. The van der Waals surface area contributed by atoms with Crippen molar-refractivity contribution in [2.75, 3.05) is 26.1 Å². The van der Waals surface area contributed by atoms with Gasteiger partial charge in [-0.15, -0.1) is 0 Å². The number of carbonyl (C=O) groups is 1. The van der Waals surface area contributed by atoms with E-state index in [1.54, 1.807) is 14.2 Å². The standard InChI is InChI=1S/C20H23BrN2O3/c1-13-6-9-17(16(21)11-13)22-20(24)23-10-4-5-18(23)15-8-7-14(25-2)12-19(15)26-3/h6-9,11-12,18H,4-5,10H2,1-3H3,(H,22,24). The van der Waals surface area contributed by atoms with E-state index in [1.165, 1.54) is 0 Å². The molecule has 1 N–H and O–H groups in total. The van der Waals surface area contributed by atoms with E-state index in [4.69, 9.17) is 9.47 Å². The van der Waals surface area contributed by atoms with Crippen LogP contribution in [0.5, 0.6) is 11.5 Å². The third-order valence-corrected chi connectivity index (χ3v) is 5.34. The molecule has 2 aromatic carbocycles. The second-order valence-electron chi connectivity index (χ2n) is 6.37. The molecule has 0 bridgehead atoms. The number of likely N-dealkylation sites (tertiary alicyclic amines) is 1. The third-order valence-electron chi connectivity index (χ3n) is 4.68. The molecule has 1 saturated heterocycles. The Morgan fingerprint density at radius 1 is 1.19 bits per heavy atom. The molecule has 3 rings (SSSR count). The highest BCUT2D eigenvalue weighted by Crippen LogP contribution is 2.39. The number of hydrogen-bond acceptors (Lipinski definition) is 3. The van der Waals surface area contributed by atoms with Gasteiger partial charge in [-0.05, 0) is 65.5 Å². The summed E-state index contributed by atoms with van der Waals surface area (Å²) in [6, 6.07) is 11.5. The number of methoxy groups -OCH3 is 2. The van der Waals surface area contributed by atoms with E-state index in [2.05, 4.69) is 21.2 Å². The largest absolute Gasteiger partial charge is 0.497 e. The maximum atomic E-state index is 12.9. The van der Waals surface area contributed by atoms with Gasteiger partial charge in [-0.25, -0.2) is 4.79 Å². The maximum Gasteiger partial charge on any atom is 0.322 e. The summed E-state index contributed by atoms with van der Waals surface area (Å²) >= 11 is 3.52. The number of aryl methyl sites for hydroxylation is 1. The molecule has 1 atom stereocenters. The fourth-order valence-electron chi connectivity index (χ4n) is 3.34. The number of rotatable bonds is 4. The van der Waals surface area contributed by atoms with Crippen LogP contribution in [-0.4, -0.2) is 31.7 Å². The molecule has 26 heavy (non-hydrogen) atoms. The summed E-state index contributed by atoms with van der Waals surface area (Å²) in [5.41, 5.74) is 2.91. The van der Waals surface area contributed by atoms with Gasteiger partial charge in [-0.2, -0.15) is 0 Å². The third kappa shape index (κ3) is 3.80. The zero-order valence-electron chi connectivity index (χ0n) is 15.2. The molecule has 0 radical (unpaired) electrons. The van der Waals surface area contributed by atoms with Crippen LogP contribution < -0.4 is 14.8 Å². The van der Waals surface area contributed by atoms with E-state index in [0.717, 1.165) is 52.2 Å². The molecule has 1 heterocycles. The highest BCUT2D eigenvalue weighted by atomic mass is 79.9. The van der Waals surface area contributed by atoms with Crippen LogP contribution in [0.4, 0.5) is 10.5 Å². The average molecular weight is 419 g/mol. The highest BCUT2D eigenvalue weighted by molar-refractivity contribution is 9.10. The van der Waals surface area contributed by atoms with Crippen molar-refractivity contribution < 1.29 is 14.3 Å². The van der Waals surface area contributed by atoms with E-state index in [1.807, 2.05) is 48.2 Å². The summed E-state index contributed by atoms with van der Waals surface area (Å²) in [5.74, 6) is 1.48. The number of amides is 2. The van der Waals surface area contributed by atoms with Crippen molar-refractivity contribution in [3.63, 3.8) is 0 Å². The summed E-state index contributed by atoms with van der Waals surface area (Å²) in [6.45, 7) is 2.73. The predicted molar refractivity (Wildman–Crippen MR) is 106 cm³/mol. The van der Waals surface area contributed by atoms with Crippen molar-refractivity contribution in [3.8, 4) is 11.5 Å². The van der Waals surface area contributed by atoms with Gasteiger partial charge in [-0.1, -0.05) is 6.07 Å². The van der Waals surface area contributed by atoms with Gasteiger partial charge in [0.25, 0.3) is 0 Å². The lowest BCUT2D eigenvalue weighted by Crippen LogP contribution is -2.34. The maximum absolute atomic E-state index is 12.9. The normalized spacial score (nSPS) is 16.5. The van der Waals surface area contributed by atoms with E-state index < -0.39 is 0 Å². The van der Waals surface area contributed by atoms with Crippen LogP contribution in [0.15, 0.2) is 40.9 Å². The molecule has 138 valence electrons. The van der Waals surface area contributed by atoms with Crippen molar-refractivity contribution in [1.82, 2.24) is 4.90 Å². The van der Waals surface area contributed by atoms with Crippen LogP contribution in [0.1, 0.15) is 30.0 Å². The molecule has 0 spiro atoms. The summed E-state index contributed by atoms with van der Waals surface area (Å²) < 4.78 is 11.7. The van der Waals surface area contributed by atoms with Crippen LogP contribution in [0.25, 0.3) is 0 Å². The van der Waals surface area contributed by atoms with Crippen molar-refractivity contribution in [1.29, 1.82) is 0 Å². The van der Waals surface area contributed by atoms with Gasteiger partial charge in [0.05, 0.1) is 25.9 Å². The van der Waals surface area contributed by atoms with Gasteiger partial charge in [0.2, 0.25) is 0 Å². The summed E-state index contributed by atoms with van der Waals surface area (Å²) in [4.78, 5) is 14.8. The fraction of sp³-hybridized carbons (Fsp3) is 0.350. The molecule has 5 nitrogen and oxygen atoms in total. The van der Waals surface area contributed by atoms with E-state index in [-0.39, 0.29) is 12.1 Å². The minimum atomic E-state index is -0.102. The first-order valence-corrected chi connectivity index (χ1v) is 9.38. The quantitative estimate of drug-likeness (QED) is 0.747. The van der Waals surface area contributed by atoms with Gasteiger partial charge in [0.15, 0.2) is 0 Å². The zero-order valence-corrected chi connectivity index (χ0v) is 16.8. The predicted octanol–water partition coefficient (Wildman–Crippen LogP) is 5.14. The molecule has 1 aliphatic rings. The Balaban J connectivity index is 1.82. The monoisotopic (exact) mass is 418 g/mol. The molecule has 6 heteroatoms. The molecular formula is C20H23BrN2O3. The zero-order chi connectivity index (χ0) is 18.7. The Kier molecular flexibility index (Phi) is 5.71. The number of halogens is 1. The lowest BCUT2D eigenvalue weighted by atomic mass is 10.0. The molecule has 1 aliphatic heterocycles. The Bertz CT molecular complexity index is 810. The van der Waals surface area contributed by atoms with Gasteiger partial charge in [-0.3, -0.25) is 0 Å². The van der Waals surface area contributed by atoms with Crippen LogP contribution >= 0.6 is 15.9 Å². The fourth-order valence-corrected chi connectivity index (χ4v) is 3.93. The van der Waals surface area contributed by atoms with Gasteiger partial charge < -0.3 is 19.7 Å². The molecule has 2 aromatic rings. The topological polar surface area (TPSA) is 50.8 Å². The lowest BCUT2D eigenvalue weighted by molar-refractivity contribution is 0.206. The molecule has 2 amide bonds. The minimum Gasteiger partial charge on any atom is -0.497 e. The van der Waals surface area contributed by atoms with Crippen molar-refractivity contribution in [2.24, 2.45) is 0 Å². The van der Waals surface area contributed by atoms with Crippen molar-refractivity contribution >= 4 is 27.6 Å². The van der Waals surface area contributed by atoms with E-state index >= 15 is 0 Å². The van der Waals surface area contributed by atoms with Gasteiger partial charge in [0.1, 0.15) is 11.5 Å².